The molecule has 1 aromatic rings. The molecule has 0 saturated carbocycles. The highest BCUT2D eigenvalue weighted by molar-refractivity contribution is 6.41. The summed E-state index contributed by atoms with van der Waals surface area (Å²) >= 11 is 11.4. The van der Waals surface area contributed by atoms with E-state index >= 15 is 0 Å². The third kappa shape index (κ3) is 3.40. The lowest BCUT2D eigenvalue weighted by molar-refractivity contribution is -0.142. The Morgan fingerprint density at radius 3 is 2.28 bits per heavy atom. The summed E-state index contributed by atoms with van der Waals surface area (Å²) in [6.07, 6.45) is 0. The molecule has 3 N–H and O–H groups in total. The molecule has 0 saturated heterocycles. The molecule has 100 valence electrons. The number of H-pyrrole nitrogens is 1. The summed E-state index contributed by atoms with van der Waals surface area (Å²) in [5.41, 5.74) is -0.484. The fourth-order valence-corrected chi connectivity index (χ4v) is 1.70. The van der Waals surface area contributed by atoms with E-state index in [0.29, 0.717) is 0 Å². The molecule has 0 radical (unpaired) electrons. The molecule has 7 heteroatoms. The van der Waals surface area contributed by atoms with E-state index in [9.17, 15) is 9.59 Å². The number of carboxylic acids is 1. The maximum absolute atomic E-state index is 11.8. The first-order valence-corrected chi connectivity index (χ1v) is 5.96. The number of hydrogen-bond acceptors (Lipinski definition) is 2. The summed E-state index contributed by atoms with van der Waals surface area (Å²) in [5, 5.41) is 11.9. The van der Waals surface area contributed by atoms with Crippen LogP contribution in [0, 0.1) is 5.41 Å². The largest absolute Gasteiger partial charge is 0.480 e. The van der Waals surface area contributed by atoms with E-state index in [4.69, 9.17) is 28.3 Å². The van der Waals surface area contributed by atoms with Crippen molar-refractivity contribution in [1.82, 2.24) is 10.3 Å². The summed E-state index contributed by atoms with van der Waals surface area (Å²) < 4.78 is 0. The minimum absolute atomic E-state index is 0.125. The van der Waals surface area contributed by atoms with Gasteiger partial charge in [0.25, 0.3) is 5.91 Å². The van der Waals surface area contributed by atoms with Crippen molar-refractivity contribution in [2.24, 2.45) is 5.41 Å². The van der Waals surface area contributed by atoms with Gasteiger partial charge in [0.05, 0.1) is 5.02 Å². The molecular formula is C11H14Cl2N2O3. The predicted molar refractivity (Wildman–Crippen MR) is 69.2 cm³/mol. The first-order valence-electron chi connectivity index (χ1n) is 5.20. The molecule has 1 aromatic heterocycles. The predicted octanol–water partition coefficient (Wildman–Crippen LogP) is 2.55. The van der Waals surface area contributed by atoms with Crippen LogP contribution in [0.3, 0.4) is 0 Å². The number of carboxylic acid groups (broad SMARTS) is 1. The topological polar surface area (TPSA) is 82.2 Å². The average molecular weight is 293 g/mol. The first-order chi connectivity index (χ1) is 8.12. The van der Waals surface area contributed by atoms with E-state index in [1.807, 2.05) is 0 Å². The SMILES string of the molecule is CC(C)(C)[C@@H](NC(=O)c1cc(Cl)c(Cl)[nH]1)C(=O)O. The molecular weight excluding hydrogens is 279 g/mol. The Morgan fingerprint density at radius 1 is 1.39 bits per heavy atom. The summed E-state index contributed by atoms with van der Waals surface area (Å²) in [6, 6.07) is 0.340. The zero-order valence-corrected chi connectivity index (χ0v) is 11.7. The van der Waals surface area contributed by atoms with E-state index in [0.717, 1.165) is 0 Å². The lowest BCUT2D eigenvalue weighted by Crippen LogP contribution is -2.49. The molecule has 0 spiro atoms. The highest BCUT2D eigenvalue weighted by Gasteiger charge is 2.33. The normalized spacial score (nSPS) is 13.2. The molecule has 0 aliphatic carbocycles. The van der Waals surface area contributed by atoms with Gasteiger partial charge in [-0.1, -0.05) is 44.0 Å². The Balaban J connectivity index is 2.89. The van der Waals surface area contributed by atoms with Crippen molar-refractivity contribution in [2.45, 2.75) is 26.8 Å². The van der Waals surface area contributed by atoms with Crippen molar-refractivity contribution in [3.63, 3.8) is 0 Å². The molecule has 1 amide bonds. The van der Waals surface area contributed by atoms with E-state index < -0.39 is 23.3 Å². The Hall–Kier alpha value is -1.20. The van der Waals surface area contributed by atoms with Crippen molar-refractivity contribution < 1.29 is 14.7 Å². The number of rotatable bonds is 3. The molecule has 0 fully saturated rings. The average Bonchev–Trinajstić information content (AvgIpc) is 2.53. The molecule has 1 atom stereocenters. The Labute approximate surface area is 114 Å². The highest BCUT2D eigenvalue weighted by Crippen LogP contribution is 2.23. The van der Waals surface area contributed by atoms with Gasteiger partial charge in [0, 0.05) is 0 Å². The number of aliphatic carboxylic acids is 1. The number of aromatic amines is 1. The van der Waals surface area contributed by atoms with Crippen LogP contribution < -0.4 is 5.32 Å². The second-order valence-electron chi connectivity index (χ2n) is 4.96. The van der Waals surface area contributed by atoms with Crippen LogP contribution in [0.1, 0.15) is 31.3 Å². The molecule has 0 aliphatic rings. The van der Waals surface area contributed by atoms with Gasteiger partial charge in [0.15, 0.2) is 0 Å². The number of carbonyl (C=O) groups excluding carboxylic acids is 1. The minimum Gasteiger partial charge on any atom is -0.480 e. The molecule has 18 heavy (non-hydrogen) atoms. The van der Waals surface area contributed by atoms with Gasteiger partial charge in [-0.15, -0.1) is 0 Å². The quantitative estimate of drug-likeness (QED) is 0.801. The van der Waals surface area contributed by atoms with E-state index in [1.54, 1.807) is 20.8 Å². The maximum Gasteiger partial charge on any atom is 0.326 e. The third-order valence-electron chi connectivity index (χ3n) is 2.36. The van der Waals surface area contributed by atoms with E-state index in [1.165, 1.54) is 6.07 Å². The van der Waals surface area contributed by atoms with Gasteiger partial charge < -0.3 is 15.4 Å². The molecule has 1 rings (SSSR count). The van der Waals surface area contributed by atoms with Crippen LogP contribution in [0.15, 0.2) is 6.07 Å². The van der Waals surface area contributed by atoms with Crippen LogP contribution in [0.4, 0.5) is 0 Å². The number of hydrogen-bond donors (Lipinski definition) is 3. The maximum atomic E-state index is 11.8. The third-order valence-corrected chi connectivity index (χ3v) is 3.05. The van der Waals surface area contributed by atoms with Gasteiger partial charge in [-0.2, -0.15) is 0 Å². The van der Waals surface area contributed by atoms with Gasteiger partial charge in [-0.25, -0.2) is 4.79 Å². The smallest absolute Gasteiger partial charge is 0.326 e. The lowest BCUT2D eigenvalue weighted by atomic mass is 9.86. The van der Waals surface area contributed by atoms with E-state index in [2.05, 4.69) is 10.3 Å². The standard InChI is InChI=1S/C11H14Cl2N2O3/c1-11(2,3)7(10(17)18)15-9(16)6-4-5(12)8(13)14-6/h4,7,14H,1-3H3,(H,15,16)(H,17,18)/t7-/m0/s1. The Bertz CT molecular complexity index is 458. The van der Waals surface area contributed by atoms with Crippen LogP contribution in [0.5, 0.6) is 0 Å². The van der Waals surface area contributed by atoms with Crippen LogP contribution in [-0.2, 0) is 4.79 Å². The lowest BCUT2D eigenvalue weighted by Gasteiger charge is -2.27. The fraction of sp³-hybridized carbons (Fsp3) is 0.455. The number of halogens is 2. The van der Waals surface area contributed by atoms with Crippen molar-refractivity contribution in [3.05, 3.63) is 21.9 Å². The summed E-state index contributed by atoms with van der Waals surface area (Å²) in [4.78, 5) is 25.5. The van der Waals surface area contributed by atoms with E-state index in [-0.39, 0.29) is 15.9 Å². The van der Waals surface area contributed by atoms with Gasteiger partial charge in [-0.3, -0.25) is 4.79 Å². The zero-order valence-electron chi connectivity index (χ0n) is 10.2. The molecule has 1 heterocycles. The van der Waals surface area contributed by atoms with Crippen LogP contribution in [-0.4, -0.2) is 28.0 Å². The highest BCUT2D eigenvalue weighted by atomic mass is 35.5. The second-order valence-corrected chi connectivity index (χ2v) is 5.74. The minimum atomic E-state index is -1.10. The molecule has 5 nitrogen and oxygen atoms in total. The fourth-order valence-electron chi connectivity index (χ4n) is 1.38. The number of amides is 1. The van der Waals surface area contributed by atoms with Gasteiger partial charge in [0.2, 0.25) is 0 Å². The first kappa shape index (κ1) is 14.9. The summed E-state index contributed by atoms with van der Waals surface area (Å²) in [6.45, 7) is 5.17. The molecule has 0 aromatic carbocycles. The van der Waals surface area contributed by atoms with Crippen molar-refractivity contribution >= 4 is 35.1 Å². The van der Waals surface area contributed by atoms with Gasteiger partial charge in [-0.05, 0) is 11.5 Å². The van der Waals surface area contributed by atoms with Crippen molar-refractivity contribution in [3.8, 4) is 0 Å². The van der Waals surface area contributed by atoms with Gasteiger partial charge >= 0.3 is 5.97 Å². The van der Waals surface area contributed by atoms with Crippen molar-refractivity contribution in [2.75, 3.05) is 0 Å². The Kier molecular flexibility index (Phi) is 4.29. The van der Waals surface area contributed by atoms with Gasteiger partial charge in [0.1, 0.15) is 16.9 Å². The molecule has 0 unspecified atom stereocenters. The second kappa shape index (κ2) is 5.20. The number of nitrogens with one attached hydrogen (secondary N) is 2. The monoisotopic (exact) mass is 292 g/mol. The summed E-state index contributed by atoms with van der Waals surface area (Å²) in [5.74, 6) is -1.66. The Morgan fingerprint density at radius 2 is 1.94 bits per heavy atom. The van der Waals surface area contributed by atoms with Crippen LogP contribution in [0.25, 0.3) is 0 Å². The molecule has 0 aliphatic heterocycles. The van der Waals surface area contributed by atoms with Crippen LogP contribution in [0.2, 0.25) is 10.2 Å². The molecule has 0 bridgehead atoms. The number of aromatic nitrogens is 1. The van der Waals surface area contributed by atoms with Crippen LogP contribution >= 0.6 is 23.2 Å². The number of carbonyl (C=O) groups is 2. The summed E-state index contributed by atoms with van der Waals surface area (Å²) in [7, 11) is 0. The zero-order chi connectivity index (χ0) is 14.1. The van der Waals surface area contributed by atoms with Crippen molar-refractivity contribution in [1.29, 1.82) is 0 Å².